The van der Waals surface area contributed by atoms with Crippen molar-refractivity contribution in [2.24, 2.45) is 0 Å². The van der Waals surface area contributed by atoms with Crippen LogP contribution in [-0.4, -0.2) is 5.11 Å². The number of rotatable bonds is 3. The number of ether oxygens (including phenoxy) is 1. The Hall–Kier alpha value is -1.000. The van der Waals surface area contributed by atoms with Crippen molar-refractivity contribution in [1.29, 1.82) is 0 Å². The van der Waals surface area contributed by atoms with E-state index < -0.39 is 11.9 Å². The molecule has 0 spiro atoms. The fourth-order valence-corrected chi connectivity index (χ4v) is 2.23. The van der Waals surface area contributed by atoms with Crippen LogP contribution >= 0.6 is 34.8 Å². The molecule has 0 amide bonds. The number of aliphatic hydroxyl groups is 1. The molecule has 1 atom stereocenters. The first-order valence-electron chi connectivity index (χ1n) is 5.69. The number of halogens is 4. The number of aliphatic hydroxyl groups excluding tert-OH is 1. The smallest absolute Gasteiger partial charge is 0.168 e. The first-order valence-corrected chi connectivity index (χ1v) is 6.82. The summed E-state index contributed by atoms with van der Waals surface area (Å²) >= 11 is 17.7. The summed E-state index contributed by atoms with van der Waals surface area (Å²) in [7, 11) is 0. The lowest BCUT2D eigenvalue weighted by Gasteiger charge is -2.15. The van der Waals surface area contributed by atoms with Gasteiger partial charge in [0.25, 0.3) is 0 Å². The zero-order valence-electron chi connectivity index (χ0n) is 10.3. The van der Waals surface area contributed by atoms with Crippen molar-refractivity contribution in [3.05, 3.63) is 56.8 Å². The van der Waals surface area contributed by atoms with Crippen LogP contribution in [0.15, 0.2) is 30.3 Å². The summed E-state index contributed by atoms with van der Waals surface area (Å²) in [5, 5.41) is 10.4. The average Bonchev–Trinajstić information content (AvgIpc) is 2.37. The average molecular weight is 336 g/mol. The molecule has 0 saturated heterocycles. The summed E-state index contributed by atoms with van der Waals surface area (Å²) in [6, 6.07) is 7.08. The number of benzene rings is 2. The number of hydrogen-bond acceptors (Lipinski definition) is 2. The van der Waals surface area contributed by atoms with Crippen molar-refractivity contribution in [2.45, 2.75) is 13.0 Å². The van der Waals surface area contributed by atoms with Gasteiger partial charge in [-0.3, -0.25) is 0 Å². The second-order valence-corrected chi connectivity index (χ2v) is 5.35. The highest BCUT2D eigenvalue weighted by Gasteiger charge is 2.17. The molecule has 0 aromatic heterocycles. The maximum Gasteiger partial charge on any atom is 0.168 e. The van der Waals surface area contributed by atoms with E-state index in [1.807, 2.05) is 0 Å². The number of hydrogen-bond donors (Lipinski definition) is 1. The lowest BCUT2D eigenvalue weighted by molar-refractivity contribution is 0.194. The van der Waals surface area contributed by atoms with Crippen LogP contribution in [0.3, 0.4) is 0 Å². The summed E-state index contributed by atoms with van der Waals surface area (Å²) in [5.74, 6) is -0.540. The highest BCUT2D eigenvalue weighted by atomic mass is 35.5. The molecule has 0 saturated carbocycles. The summed E-state index contributed by atoms with van der Waals surface area (Å²) in [6.07, 6.45) is -0.887. The summed E-state index contributed by atoms with van der Waals surface area (Å²) in [6.45, 7) is 1.51. The van der Waals surface area contributed by atoms with Crippen LogP contribution in [0, 0.1) is 5.82 Å². The molecular formula is C14H10Cl3FO2. The molecule has 0 bridgehead atoms. The van der Waals surface area contributed by atoms with Crippen molar-refractivity contribution in [2.75, 3.05) is 0 Å². The molecule has 6 heteroatoms. The first kappa shape index (κ1) is 15.4. The second-order valence-electron chi connectivity index (χ2n) is 4.13. The topological polar surface area (TPSA) is 29.5 Å². The van der Waals surface area contributed by atoms with Crippen molar-refractivity contribution >= 4 is 34.8 Å². The Morgan fingerprint density at radius 2 is 1.75 bits per heavy atom. The third-order valence-corrected chi connectivity index (χ3v) is 3.65. The highest BCUT2D eigenvalue weighted by molar-refractivity contribution is 6.43. The van der Waals surface area contributed by atoms with Crippen LogP contribution in [0.2, 0.25) is 15.1 Å². The molecule has 0 aliphatic rings. The van der Waals surface area contributed by atoms with Crippen LogP contribution in [0.4, 0.5) is 4.39 Å². The van der Waals surface area contributed by atoms with Gasteiger partial charge in [0, 0.05) is 11.6 Å². The molecule has 106 valence electrons. The number of para-hydroxylation sites is 1. The van der Waals surface area contributed by atoms with Crippen molar-refractivity contribution in [3.8, 4) is 11.5 Å². The summed E-state index contributed by atoms with van der Waals surface area (Å²) in [5.41, 5.74) is 0.312. The van der Waals surface area contributed by atoms with Crippen molar-refractivity contribution < 1.29 is 14.2 Å². The van der Waals surface area contributed by atoms with E-state index >= 15 is 0 Å². The summed E-state index contributed by atoms with van der Waals surface area (Å²) < 4.78 is 19.3. The highest BCUT2D eigenvalue weighted by Crippen LogP contribution is 2.39. The van der Waals surface area contributed by atoms with E-state index in [0.29, 0.717) is 5.56 Å². The quantitative estimate of drug-likeness (QED) is 0.736. The molecule has 20 heavy (non-hydrogen) atoms. The van der Waals surface area contributed by atoms with E-state index in [0.717, 1.165) is 0 Å². The Morgan fingerprint density at radius 3 is 2.40 bits per heavy atom. The largest absolute Gasteiger partial charge is 0.452 e. The zero-order valence-corrected chi connectivity index (χ0v) is 12.6. The molecule has 1 N–H and O–H groups in total. The van der Waals surface area contributed by atoms with Crippen molar-refractivity contribution in [3.63, 3.8) is 0 Å². The Kier molecular flexibility index (Phi) is 4.76. The lowest BCUT2D eigenvalue weighted by atomic mass is 10.1. The van der Waals surface area contributed by atoms with E-state index in [1.165, 1.54) is 31.2 Å². The predicted octanol–water partition coefficient (Wildman–Crippen LogP) is 5.63. The maximum atomic E-state index is 13.9. The van der Waals surface area contributed by atoms with Crippen LogP contribution in [0.1, 0.15) is 18.6 Å². The Labute approximate surface area is 130 Å². The molecule has 2 rings (SSSR count). The Balaban J connectivity index is 2.47. The minimum Gasteiger partial charge on any atom is -0.452 e. The molecule has 0 radical (unpaired) electrons. The lowest BCUT2D eigenvalue weighted by Crippen LogP contribution is -1.99. The van der Waals surface area contributed by atoms with Gasteiger partial charge in [0.15, 0.2) is 11.6 Å². The van der Waals surface area contributed by atoms with Gasteiger partial charge in [-0.25, -0.2) is 4.39 Å². The fourth-order valence-electron chi connectivity index (χ4n) is 1.65. The van der Waals surface area contributed by atoms with Crippen molar-refractivity contribution in [1.82, 2.24) is 0 Å². The molecule has 0 heterocycles. The molecule has 2 nitrogen and oxygen atoms in total. The SMILES string of the molecule is CC(O)c1cccc(F)c1Oc1cc(Cl)c(Cl)cc1Cl. The summed E-state index contributed by atoms with van der Waals surface area (Å²) in [4.78, 5) is 0. The molecule has 1 unspecified atom stereocenters. The Morgan fingerprint density at radius 1 is 1.10 bits per heavy atom. The van der Waals surface area contributed by atoms with E-state index in [1.54, 1.807) is 6.07 Å². The van der Waals surface area contributed by atoms with Gasteiger partial charge in [0.2, 0.25) is 0 Å². The van der Waals surface area contributed by atoms with Gasteiger partial charge in [-0.15, -0.1) is 0 Å². The zero-order chi connectivity index (χ0) is 14.9. The van der Waals surface area contributed by atoms with Gasteiger partial charge in [-0.05, 0) is 19.1 Å². The molecule has 0 aliphatic heterocycles. The van der Waals surface area contributed by atoms with Gasteiger partial charge < -0.3 is 9.84 Å². The van der Waals surface area contributed by atoms with Gasteiger partial charge in [-0.2, -0.15) is 0 Å². The molecule has 2 aromatic carbocycles. The van der Waals surface area contributed by atoms with Gasteiger partial charge >= 0.3 is 0 Å². The van der Waals surface area contributed by atoms with E-state index in [4.69, 9.17) is 39.5 Å². The molecular weight excluding hydrogens is 326 g/mol. The van der Waals surface area contributed by atoms with Crippen LogP contribution in [0.25, 0.3) is 0 Å². The van der Waals surface area contributed by atoms with E-state index in [9.17, 15) is 9.50 Å². The standard InChI is InChI=1S/C14H10Cl3FO2/c1-7(19)8-3-2-4-12(18)14(8)20-13-6-10(16)9(15)5-11(13)17/h2-7,19H,1H3. The first-order chi connectivity index (χ1) is 9.40. The van der Waals surface area contributed by atoms with Gasteiger partial charge in [0.05, 0.1) is 21.2 Å². The third kappa shape index (κ3) is 3.18. The van der Waals surface area contributed by atoms with Gasteiger partial charge in [0.1, 0.15) is 5.75 Å². The predicted molar refractivity (Wildman–Crippen MR) is 78.6 cm³/mol. The minimum absolute atomic E-state index is 0.0946. The molecule has 0 aliphatic carbocycles. The molecule has 0 fully saturated rings. The van der Waals surface area contributed by atoms with E-state index in [2.05, 4.69) is 0 Å². The van der Waals surface area contributed by atoms with Gasteiger partial charge in [-0.1, -0.05) is 46.9 Å². The van der Waals surface area contributed by atoms with Crippen LogP contribution in [-0.2, 0) is 0 Å². The second kappa shape index (κ2) is 6.19. The fraction of sp³-hybridized carbons (Fsp3) is 0.143. The maximum absolute atomic E-state index is 13.9. The van der Waals surface area contributed by atoms with E-state index in [-0.39, 0.29) is 26.6 Å². The van der Waals surface area contributed by atoms with Crippen LogP contribution < -0.4 is 4.74 Å². The minimum atomic E-state index is -0.887. The normalized spacial score (nSPS) is 12.3. The van der Waals surface area contributed by atoms with Crippen LogP contribution in [0.5, 0.6) is 11.5 Å². The monoisotopic (exact) mass is 334 g/mol. The third-order valence-electron chi connectivity index (χ3n) is 2.63. The Bertz CT molecular complexity index is 645. The molecule has 2 aromatic rings.